The van der Waals surface area contributed by atoms with E-state index in [2.05, 4.69) is 27.4 Å². The van der Waals surface area contributed by atoms with Gasteiger partial charge in [0.2, 0.25) is 0 Å². The number of hydrogen-bond acceptors (Lipinski definition) is 3. The Morgan fingerprint density at radius 1 is 1.32 bits per heavy atom. The average molecular weight is 311 g/mol. The van der Waals surface area contributed by atoms with Gasteiger partial charge in [0.1, 0.15) is 0 Å². The number of thiophene rings is 1. The first-order valence-corrected chi connectivity index (χ1v) is 7.97. The molecule has 0 aliphatic heterocycles. The fourth-order valence-electron chi connectivity index (χ4n) is 2.29. The van der Waals surface area contributed by atoms with Crippen LogP contribution in [0.2, 0.25) is 0 Å². The van der Waals surface area contributed by atoms with Gasteiger partial charge in [0.05, 0.1) is 11.2 Å². The normalized spacial score (nSPS) is 10.6. The van der Waals surface area contributed by atoms with Gasteiger partial charge in [-0.05, 0) is 24.1 Å². The number of hydrogen-bond donors (Lipinski definition) is 2. The number of rotatable bonds is 5. The predicted molar refractivity (Wildman–Crippen MR) is 89.1 cm³/mol. The van der Waals surface area contributed by atoms with E-state index in [1.807, 2.05) is 31.2 Å². The summed E-state index contributed by atoms with van der Waals surface area (Å²) in [6.45, 7) is 2.64. The summed E-state index contributed by atoms with van der Waals surface area (Å²) in [5, 5.41) is 2.95. The van der Waals surface area contributed by atoms with Crippen molar-refractivity contribution < 1.29 is 4.79 Å². The summed E-state index contributed by atoms with van der Waals surface area (Å²) in [6, 6.07) is 12.1. The van der Waals surface area contributed by atoms with Crippen molar-refractivity contribution in [2.45, 2.75) is 13.3 Å². The minimum atomic E-state index is -0.0187. The molecule has 0 aliphatic rings. The van der Waals surface area contributed by atoms with Crippen LogP contribution in [0.4, 0.5) is 0 Å². The zero-order chi connectivity index (χ0) is 15.4. The minimum absolute atomic E-state index is 0.0187. The molecule has 2 heterocycles. The van der Waals surface area contributed by atoms with Gasteiger partial charge in [-0.15, -0.1) is 11.3 Å². The Hall–Kier alpha value is -2.40. The molecule has 1 aromatic carbocycles. The lowest BCUT2D eigenvalue weighted by Crippen LogP contribution is -2.24. The van der Waals surface area contributed by atoms with Crippen molar-refractivity contribution in [2.24, 2.45) is 0 Å². The molecule has 2 aromatic heterocycles. The molecule has 0 saturated carbocycles. The van der Waals surface area contributed by atoms with Gasteiger partial charge in [-0.2, -0.15) is 0 Å². The number of nitrogens with one attached hydrogen (secondary N) is 2. The van der Waals surface area contributed by atoms with Crippen LogP contribution in [0.15, 0.2) is 48.9 Å². The van der Waals surface area contributed by atoms with Crippen LogP contribution in [0.5, 0.6) is 0 Å². The zero-order valence-corrected chi connectivity index (χ0v) is 13.1. The summed E-state index contributed by atoms with van der Waals surface area (Å²) in [5.74, 6) is -0.0187. The molecule has 22 heavy (non-hydrogen) atoms. The first kappa shape index (κ1) is 14.5. The van der Waals surface area contributed by atoms with E-state index in [9.17, 15) is 4.79 Å². The van der Waals surface area contributed by atoms with Crippen LogP contribution in [0.3, 0.4) is 0 Å². The van der Waals surface area contributed by atoms with Crippen LogP contribution >= 0.6 is 11.3 Å². The van der Waals surface area contributed by atoms with Crippen LogP contribution in [0.1, 0.15) is 20.9 Å². The second-order valence-corrected chi connectivity index (χ2v) is 6.12. The van der Waals surface area contributed by atoms with Crippen molar-refractivity contribution in [3.05, 3.63) is 65.1 Å². The van der Waals surface area contributed by atoms with Gasteiger partial charge in [-0.3, -0.25) is 4.79 Å². The molecule has 0 saturated heterocycles. The van der Waals surface area contributed by atoms with Crippen LogP contribution in [-0.4, -0.2) is 22.4 Å². The summed E-state index contributed by atoms with van der Waals surface area (Å²) >= 11 is 1.54. The van der Waals surface area contributed by atoms with E-state index in [1.54, 1.807) is 12.5 Å². The first-order valence-electron chi connectivity index (χ1n) is 7.15. The fourth-order valence-corrected chi connectivity index (χ4v) is 3.38. The SMILES string of the molecule is Cc1cc(C(=O)NCCc2cnc[nH]2)sc1-c1ccccc1. The lowest BCUT2D eigenvalue weighted by atomic mass is 10.1. The highest BCUT2D eigenvalue weighted by molar-refractivity contribution is 7.17. The highest BCUT2D eigenvalue weighted by atomic mass is 32.1. The number of imidazole rings is 1. The third-order valence-electron chi connectivity index (χ3n) is 3.41. The number of benzene rings is 1. The molecule has 0 bridgehead atoms. The smallest absolute Gasteiger partial charge is 0.261 e. The largest absolute Gasteiger partial charge is 0.351 e. The third kappa shape index (κ3) is 3.26. The van der Waals surface area contributed by atoms with E-state index in [0.717, 1.165) is 33.0 Å². The highest BCUT2D eigenvalue weighted by Crippen LogP contribution is 2.32. The second kappa shape index (κ2) is 6.58. The van der Waals surface area contributed by atoms with Crippen LogP contribution in [0.25, 0.3) is 10.4 Å². The standard InChI is InChI=1S/C17H17N3OS/c1-12-9-15(22-16(12)13-5-3-2-4-6-13)17(21)19-8-7-14-10-18-11-20-14/h2-6,9-11H,7-8H2,1H3,(H,18,20)(H,19,21). The summed E-state index contributed by atoms with van der Waals surface area (Å²) in [6.07, 6.45) is 4.17. The molecule has 5 heteroatoms. The summed E-state index contributed by atoms with van der Waals surface area (Å²) in [5.41, 5.74) is 3.31. The number of carbonyl (C=O) groups excluding carboxylic acids is 1. The molecule has 4 nitrogen and oxygen atoms in total. The van der Waals surface area contributed by atoms with Crippen molar-refractivity contribution in [1.29, 1.82) is 0 Å². The maximum absolute atomic E-state index is 12.2. The van der Waals surface area contributed by atoms with E-state index < -0.39 is 0 Å². The molecule has 0 unspecified atom stereocenters. The Kier molecular flexibility index (Phi) is 4.34. The maximum Gasteiger partial charge on any atom is 0.261 e. The average Bonchev–Trinajstić information content (AvgIpc) is 3.17. The molecule has 0 radical (unpaired) electrons. The van der Waals surface area contributed by atoms with Gasteiger partial charge in [0.25, 0.3) is 5.91 Å². The van der Waals surface area contributed by atoms with E-state index in [1.165, 1.54) is 11.3 Å². The number of aryl methyl sites for hydroxylation is 1. The molecule has 0 fully saturated rings. The monoisotopic (exact) mass is 311 g/mol. The molecule has 1 amide bonds. The van der Waals surface area contributed by atoms with Crippen LogP contribution in [0, 0.1) is 6.92 Å². The topological polar surface area (TPSA) is 57.8 Å². The number of carbonyl (C=O) groups is 1. The molecule has 3 rings (SSSR count). The molecular weight excluding hydrogens is 294 g/mol. The van der Waals surface area contributed by atoms with E-state index in [0.29, 0.717) is 6.54 Å². The molecule has 0 atom stereocenters. The molecule has 2 N–H and O–H groups in total. The highest BCUT2D eigenvalue weighted by Gasteiger charge is 2.13. The number of amides is 1. The van der Waals surface area contributed by atoms with Gasteiger partial charge in [-0.25, -0.2) is 4.98 Å². The van der Waals surface area contributed by atoms with Gasteiger partial charge in [0, 0.05) is 29.7 Å². The van der Waals surface area contributed by atoms with E-state index >= 15 is 0 Å². The third-order valence-corrected chi connectivity index (χ3v) is 4.70. The van der Waals surface area contributed by atoms with Crippen molar-refractivity contribution in [2.75, 3.05) is 6.54 Å². The van der Waals surface area contributed by atoms with Gasteiger partial charge < -0.3 is 10.3 Å². The maximum atomic E-state index is 12.2. The minimum Gasteiger partial charge on any atom is -0.351 e. The summed E-state index contributed by atoms with van der Waals surface area (Å²) in [4.78, 5) is 21.1. The number of nitrogens with zero attached hydrogens (tertiary/aromatic N) is 1. The van der Waals surface area contributed by atoms with Crippen molar-refractivity contribution in [3.63, 3.8) is 0 Å². The zero-order valence-electron chi connectivity index (χ0n) is 12.3. The van der Waals surface area contributed by atoms with E-state index in [-0.39, 0.29) is 5.91 Å². The lowest BCUT2D eigenvalue weighted by molar-refractivity contribution is 0.0958. The quantitative estimate of drug-likeness (QED) is 0.758. The molecule has 3 aromatic rings. The lowest BCUT2D eigenvalue weighted by Gasteiger charge is -2.02. The Bertz CT molecular complexity index is 748. The number of H-pyrrole nitrogens is 1. The van der Waals surface area contributed by atoms with Crippen LogP contribution < -0.4 is 5.32 Å². The predicted octanol–water partition coefficient (Wildman–Crippen LogP) is 3.42. The Morgan fingerprint density at radius 2 is 2.14 bits per heavy atom. The fraction of sp³-hybridized carbons (Fsp3) is 0.176. The molecular formula is C17H17N3OS. The van der Waals surface area contributed by atoms with Crippen molar-refractivity contribution in [3.8, 4) is 10.4 Å². The Morgan fingerprint density at radius 3 is 2.86 bits per heavy atom. The van der Waals surface area contributed by atoms with Crippen molar-refractivity contribution in [1.82, 2.24) is 15.3 Å². The first-order chi connectivity index (χ1) is 10.7. The van der Waals surface area contributed by atoms with E-state index in [4.69, 9.17) is 0 Å². The van der Waals surface area contributed by atoms with Gasteiger partial charge in [-0.1, -0.05) is 30.3 Å². The van der Waals surface area contributed by atoms with Gasteiger partial charge >= 0.3 is 0 Å². The number of aromatic nitrogens is 2. The molecule has 0 spiro atoms. The Balaban J connectivity index is 1.66. The molecule has 112 valence electrons. The number of aromatic amines is 1. The Labute approximate surface area is 133 Å². The molecule has 0 aliphatic carbocycles. The van der Waals surface area contributed by atoms with Crippen LogP contribution in [-0.2, 0) is 6.42 Å². The summed E-state index contributed by atoms with van der Waals surface area (Å²) < 4.78 is 0. The summed E-state index contributed by atoms with van der Waals surface area (Å²) in [7, 11) is 0. The van der Waals surface area contributed by atoms with Crippen molar-refractivity contribution >= 4 is 17.2 Å². The van der Waals surface area contributed by atoms with Gasteiger partial charge in [0.15, 0.2) is 0 Å². The second-order valence-electron chi connectivity index (χ2n) is 5.07.